The summed E-state index contributed by atoms with van der Waals surface area (Å²) in [4.78, 5) is 43.2. The van der Waals surface area contributed by atoms with Crippen molar-refractivity contribution in [3.63, 3.8) is 0 Å². The Morgan fingerprint density at radius 2 is 1.75 bits per heavy atom. The Labute approximate surface area is 191 Å². The quantitative estimate of drug-likeness (QED) is 0.704. The molecule has 32 heavy (non-hydrogen) atoms. The van der Waals surface area contributed by atoms with Crippen molar-refractivity contribution in [2.24, 2.45) is 4.99 Å². The van der Waals surface area contributed by atoms with E-state index in [2.05, 4.69) is 20.5 Å². The number of likely N-dealkylation sites (tertiary alicyclic amines) is 1. The zero-order chi connectivity index (χ0) is 22.5. The third-order valence-corrected chi connectivity index (χ3v) is 6.69. The molecule has 2 heterocycles. The van der Waals surface area contributed by atoms with Crippen molar-refractivity contribution in [3.05, 3.63) is 65.2 Å². The molecule has 2 aromatic rings. The summed E-state index contributed by atoms with van der Waals surface area (Å²) >= 11 is 1.38. The lowest BCUT2D eigenvalue weighted by Crippen LogP contribution is -2.25. The van der Waals surface area contributed by atoms with Gasteiger partial charge in [0.05, 0.1) is 0 Å². The van der Waals surface area contributed by atoms with E-state index in [9.17, 15) is 14.4 Å². The van der Waals surface area contributed by atoms with Crippen LogP contribution in [0.1, 0.15) is 40.7 Å². The minimum absolute atomic E-state index is 0.0725. The van der Waals surface area contributed by atoms with Crippen LogP contribution in [0, 0.1) is 6.92 Å². The smallest absolute Gasteiger partial charge is 0.262 e. The van der Waals surface area contributed by atoms with Gasteiger partial charge in [-0.05, 0) is 49.6 Å². The van der Waals surface area contributed by atoms with Gasteiger partial charge in [0.2, 0.25) is 5.91 Å². The van der Waals surface area contributed by atoms with Crippen LogP contribution in [0.3, 0.4) is 0 Å². The summed E-state index contributed by atoms with van der Waals surface area (Å²) in [5.41, 5.74) is 3.30. The topological polar surface area (TPSA) is 90.9 Å². The van der Waals surface area contributed by atoms with E-state index >= 15 is 0 Å². The highest BCUT2D eigenvalue weighted by atomic mass is 32.2. The number of aliphatic imine (C=N–C) groups is 1. The average molecular weight is 451 g/mol. The van der Waals surface area contributed by atoms with Crippen molar-refractivity contribution in [2.75, 3.05) is 18.4 Å². The molecule has 166 valence electrons. The molecule has 4 rings (SSSR count). The molecule has 1 fully saturated rings. The number of rotatable bonds is 6. The average Bonchev–Trinajstić information content (AvgIpc) is 3.44. The lowest BCUT2D eigenvalue weighted by Gasteiger charge is -2.16. The number of carbonyl (C=O) groups excluding carboxylic acids is 3. The second-order valence-corrected chi connectivity index (χ2v) is 9.20. The number of nitrogens with one attached hydrogen (secondary N) is 2. The van der Waals surface area contributed by atoms with Crippen LogP contribution < -0.4 is 10.6 Å². The fraction of sp³-hybridized carbons (Fsp3) is 0.333. The maximum Gasteiger partial charge on any atom is 0.262 e. The van der Waals surface area contributed by atoms with E-state index < -0.39 is 5.25 Å². The van der Waals surface area contributed by atoms with E-state index in [-0.39, 0.29) is 24.1 Å². The van der Waals surface area contributed by atoms with Gasteiger partial charge in [0, 0.05) is 37.3 Å². The van der Waals surface area contributed by atoms with Crippen LogP contribution in [-0.4, -0.2) is 46.1 Å². The number of aryl methyl sites for hydroxylation is 1. The lowest BCUT2D eigenvalue weighted by molar-refractivity contribution is -0.121. The van der Waals surface area contributed by atoms with Crippen molar-refractivity contribution in [3.8, 4) is 0 Å². The summed E-state index contributed by atoms with van der Waals surface area (Å²) in [5.74, 6) is -0.666. The number of hydrogen-bond acceptors (Lipinski definition) is 5. The third kappa shape index (κ3) is 5.56. The molecule has 8 heteroatoms. The first-order valence-corrected chi connectivity index (χ1v) is 11.6. The van der Waals surface area contributed by atoms with Gasteiger partial charge in [-0.3, -0.25) is 14.4 Å². The molecule has 2 aliphatic heterocycles. The second kappa shape index (κ2) is 9.99. The fourth-order valence-corrected chi connectivity index (χ4v) is 4.75. The zero-order valence-electron chi connectivity index (χ0n) is 18.0. The van der Waals surface area contributed by atoms with Gasteiger partial charge >= 0.3 is 0 Å². The van der Waals surface area contributed by atoms with Crippen molar-refractivity contribution < 1.29 is 14.4 Å². The molecular formula is C24H26N4O3S. The van der Waals surface area contributed by atoms with E-state index in [1.807, 2.05) is 31.2 Å². The summed E-state index contributed by atoms with van der Waals surface area (Å²) < 4.78 is 0. The zero-order valence-corrected chi connectivity index (χ0v) is 18.8. The molecule has 2 aromatic carbocycles. The Kier molecular flexibility index (Phi) is 6.90. The standard InChI is InChI=1S/C24H26N4O3S/c1-16-4-6-17(7-5-16)15-25-22(30)18-8-10-19(11-9-18)26-21(29)14-20-23(31)27-24(32-20)28-12-2-3-13-28/h4-11,20H,2-3,12-15H2,1H3,(H,25,30)(H,26,29)/t20-/m0/s1. The van der Waals surface area contributed by atoms with Crippen LogP contribution in [0.2, 0.25) is 0 Å². The van der Waals surface area contributed by atoms with Gasteiger partial charge in [-0.25, -0.2) is 0 Å². The number of carbonyl (C=O) groups is 3. The van der Waals surface area contributed by atoms with E-state index in [4.69, 9.17) is 0 Å². The Morgan fingerprint density at radius 1 is 1.06 bits per heavy atom. The first-order valence-electron chi connectivity index (χ1n) is 10.8. The van der Waals surface area contributed by atoms with Gasteiger partial charge in [0.15, 0.2) is 5.17 Å². The predicted octanol–water partition coefficient (Wildman–Crippen LogP) is 3.35. The van der Waals surface area contributed by atoms with E-state index in [0.29, 0.717) is 17.8 Å². The largest absolute Gasteiger partial charge is 0.351 e. The van der Waals surface area contributed by atoms with Gasteiger partial charge < -0.3 is 15.5 Å². The van der Waals surface area contributed by atoms with Crippen LogP contribution >= 0.6 is 11.8 Å². The normalized spacial score (nSPS) is 17.9. The van der Waals surface area contributed by atoms with Crippen molar-refractivity contribution in [1.29, 1.82) is 0 Å². The first-order chi connectivity index (χ1) is 15.5. The molecule has 2 N–H and O–H groups in total. The fourth-order valence-electron chi connectivity index (χ4n) is 3.63. The molecule has 1 atom stereocenters. The molecule has 0 bridgehead atoms. The molecule has 7 nitrogen and oxygen atoms in total. The molecule has 0 unspecified atom stereocenters. The first kappa shape index (κ1) is 22.1. The van der Waals surface area contributed by atoms with E-state index in [1.54, 1.807) is 24.3 Å². The van der Waals surface area contributed by atoms with Crippen LogP contribution in [0.15, 0.2) is 53.5 Å². The number of anilines is 1. The highest BCUT2D eigenvalue weighted by molar-refractivity contribution is 8.15. The summed E-state index contributed by atoms with van der Waals surface area (Å²) in [7, 11) is 0. The minimum atomic E-state index is -0.475. The molecule has 0 aliphatic carbocycles. The van der Waals surface area contributed by atoms with Crippen molar-refractivity contribution >= 4 is 40.3 Å². The van der Waals surface area contributed by atoms with Crippen molar-refractivity contribution in [1.82, 2.24) is 10.2 Å². The van der Waals surface area contributed by atoms with Crippen LogP contribution in [0.4, 0.5) is 5.69 Å². The number of amides is 3. The molecular weight excluding hydrogens is 424 g/mol. The minimum Gasteiger partial charge on any atom is -0.351 e. The predicted molar refractivity (Wildman–Crippen MR) is 127 cm³/mol. The van der Waals surface area contributed by atoms with Gasteiger partial charge in [-0.2, -0.15) is 4.99 Å². The summed E-state index contributed by atoms with van der Waals surface area (Å²) in [6.07, 6.45) is 2.29. The molecule has 2 aliphatic rings. The van der Waals surface area contributed by atoms with Crippen molar-refractivity contribution in [2.45, 2.75) is 38.0 Å². The molecule has 3 amide bonds. The van der Waals surface area contributed by atoms with E-state index in [1.165, 1.54) is 17.3 Å². The summed E-state index contributed by atoms with van der Waals surface area (Å²) in [6.45, 7) is 4.31. The summed E-state index contributed by atoms with van der Waals surface area (Å²) in [6, 6.07) is 14.7. The number of hydrogen-bond donors (Lipinski definition) is 2. The Morgan fingerprint density at radius 3 is 2.44 bits per heavy atom. The molecule has 1 saturated heterocycles. The SMILES string of the molecule is Cc1ccc(CNC(=O)c2ccc(NC(=O)C[C@@H]3SC(N4CCCC4)=NC3=O)cc2)cc1. The van der Waals surface area contributed by atoms with Crippen LogP contribution in [0.25, 0.3) is 0 Å². The third-order valence-electron chi connectivity index (χ3n) is 5.48. The summed E-state index contributed by atoms with van der Waals surface area (Å²) in [5, 5.41) is 5.96. The molecule has 0 radical (unpaired) electrons. The van der Waals surface area contributed by atoms with E-state index in [0.717, 1.165) is 36.7 Å². The molecule has 0 spiro atoms. The van der Waals surface area contributed by atoms with Gasteiger partial charge in [0.1, 0.15) is 5.25 Å². The highest BCUT2D eigenvalue weighted by Gasteiger charge is 2.33. The van der Waals surface area contributed by atoms with Gasteiger partial charge in [-0.15, -0.1) is 0 Å². The van der Waals surface area contributed by atoms with Crippen LogP contribution in [0.5, 0.6) is 0 Å². The number of benzene rings is 2. The second-order valence-electron chi connectivity index (χ2n) is 8.03. The Hall–Kier alpha value is -3.13. The molecule has 0 saturated carbocycles. The van der Waals surface area contributed by atoms with Gasteiger partial charge in [-0.1, -0.05) is 41.6 Å². The lowest BCUT2D eigenvalue weighted by atomic mass is 10.1. The number of amidine groups is 1. The molecule has 0 aromatic heterocycles. The highest BCUT2D eigenvalue weighted by Crippen LogP contribution is 2.29. The van der Waals surface area contributed by atoms with Crippen LogP contribution in [-0.2, 0) is 16.1 Å². The monoisotopic (exact) mass is 450 g/mol. The number of nitrogens with zero attached hydrogens (tertiary/aromatic N) is 2. The van der Waals surface area contributed by atoms with Gasteiger partial charge in [0.25, 0.3) is 11.8 Å². The number of thioether (sulfide) groups is 1. The Bertz CT molecular complexity index is 1030. The maximum absolute atomic E-state index is 12.4. The maximum atomic E-state index is 12.4. The Balaban J connectivity index is 1.25.